The van der Waals surface area contributed by atoms with Crippen molar-refractivity contribution in [3.8, 4) is 11.3 Å². The Hall–Kier alpha value is -1.89. The summed E-state index contributed by atoms with van der Waals surface area (Å²) < 4.78 is 5.41. The van der Waals surface area contributed by atoms with Crippen LogP contribution in [0.4, 0.5) is 5.69 Å². The van der Waals surface area contributed by atoms with E-state index < -0.39 is 6.10 Å². The summed E-state index contributed by atoms with van der Waals surface area (Å²) in [6.45, 7) is 1.91. The Kier molecular flexibility index (Phi) is 5.32. The van der Waals surface area contributed by atoms with Gasteiger partial charge in [-0.1, -0.05) is 12.1 Å². The minimum absolute atomic E-state index is 0. The van der Waals surface area contributed by atoms with Crippen molar-refractivity contribution in [3.05, 3.63) is 36.5 Å². The van der Waals surface area contributed by atoms with E-state index in [1.807, 2.05) is 30.3 Å². The topological polar surface area (TPSA) is 79.0 Å². The van der Waals surface area contributed by atoms with Gasteiger partial charge in [0.1, 0.15) is 6.10 Å². The van der Waals surface area contributed by atoms with Gasteiger partial charge in [-0.2, -0.15) is 5.10 Å². The molecule has 3 rings (SSSR count). The molecule has 1 atom stereocenters. The molecule has 1 amide bonds. The number of rotatable bonds is 3. The van der Waals surface area contributed by atoms with Crippen LogP contribution >= 0.6 is 12.4 Å². The highest BCUT2D eigenvalue weighted by Crippen LogP contribution is 2.19. The molecule has 21 heavy (non-hydrogen) atoms. The molecular formula is C14H17ClN4O2. The van der Waals surface area contributed by atoms with Gasteiger partial charge in [-0.25, -0.2) is 0 Å². The highest BCUT2D eigenvalue weighted by molar-refractivity contribution is 5.94. The number of morpholine rings is 1. The second kappa shape index (κ2) is 7.21. The number of anilines is 1. The highest BCUT2D eigenvalue weighted by Gasteiger charge is 2.21. The minimum Gasteiger partial charge on any atom is -0.366 e. The number of halogens is 1. The number of amides is 1. The Bertz CT molecular complexity index is 565. The van der Waals surface area contributed by atoms with Crippen molar-refractivity contribution in [2.45, 2.75) is 6.10 Å². The Labute approximate surface area is 128 Å². The van der Waals surface area contributed by atoms with Crippen LogP contribution in [0.1, 0.15) is 0 Å². The lowest BCUT2D eigenvalue weighted by atomic mass is 10.1. The number of benzene rings is 1. The summed E-state index contributed by atoms with van der Waals surface area (Å²) in [6.07, 6.45) is 1.29. The average Bonchev–Trinajstić information content (AvgIpc) is 3.03. The van der Waals surface area contributed by atoms with Gasteiger partial charge in [0.05, 0.1) is 12.3 Å². The zero-order valence-corrected chi connectivity index (χ0v) is 12.2. The molecule has 0 spiro atoms. The number of nitrogens with one attached hydrogen (secondary N) is 3. The summed E-state index contributed by atoms with van der Waals surface area (Å²) in [5.41, 5.74) is 2.73. The predicted octanol–water partition coefficient (Wildman–Crippen LogP) is 1.43. The van der Waals surface area contributed by atoms with E-state index in [4.69, 9.17) is 4.74 Å². The fourth-order valence-corrected chi connectivity index (χ4v) is 2.11. The van der Waals surface area contributed by atoms with Crippen LogP contribution in [0, 0.1) is 0 Å². The maximum Gasteiger partial charge on any atom is 0.254 e. The van der Waals surface area contributed by atoms with E-state index in [1.165, 1.54) is 0 Å². The molecule has 1 aromatic carbocycles. The quantitative estimate of drug-likeness (QED) is 0.801. The highest BCUT2D eigenvalue weighted by atomic mass is 35.5. The molecule has 0 saturated carbocycles. The number of H-pyrrole nitrogens is 1. The first-order valence-electron chi connectivity index (χ1n) is 6.56. The largest absolute Gasteiger partial charge is 0.366 e. The smallest absolute Gasteiger partial charge is 0.254 e. The van der Waals surface area contributed by atoms with Crippen molar-refractivity contribution in [2.24, 2.45) is 0 Å². The second-order valence-corrected chi connectivity index (χ2v) is 4.60. The zero-order valence-electron chi connectivity index (χ0n) is 11.3. The SMILES string of the molecule is Cl.O=C(Nc1ccc(-c2ccn[nH]2)cc1)C1CNCCO1. The van der Waals surface area contributed by atoms with Crippen molar-refractivity contribution in [1.29, 1.82) is 0 Å². The first-order chi connectivity index (χ1) is 9.83. The van der Waals surface area contributed by atoms with Crippen LogP contribution in [0.3, 0.4) is 0 Å². The maximum absolute atomic E-state index is 12.0. The molecule has 1 aromatic heterocycles. The lowest BCUT2D eigenvalue weighted by Crippen LogP contribution is -2.45. The summed E-state index contributed by atoms with van der Waals surface area (Å²) in [5, 5.41) is 12.8. The first kappa shape index (κ1) is 15.5. The van der Waals surface area contributed by atoms with Gasteiger partial charge in [0.2, 0.25) is 0 Å². The van der Waals surface area contributed by atoms with Gasteiger partial charge >= 0.3 is 0 Å². The number of hydrogen-bond donors (Lipinski definition) is 3. The number of nitrogens with zero attached hydrogens (tertiary/aromatic N) is 1. The molecule has 0 aliphatic carbocycles. The molecule has 6 nitrogen and oxygen atoms in total. The molecule has 1 aliphatic heterocycles. The average molecular weight is 309 g/mol. The first-order valence-corrected chi connectivity index (χ1v) is 6.56. The van der Waals surface area contributed by atoms with Crippen LogP contribution < -0.4 is 10.6 Å². The molecule has 1 unspecified atom stereocenters. The molecular weight excluding hydrogens is 292 g/mol. The standard InChI is InChI=1S/C14H16N4O2.ClH/c19-14(13-9-15-7-8-20-13)17-11-3-1-10(2-4-11)12-5-6-16-18-12;/h1-6,13,15H,7-9H2,(H,16,18)(H,17,19);1H. The van der Waals surface area contributed by atoms with Crippen molar-refractivity contribution >= 4 is 24.0 Å². The third-order valence-corrected chi connectivity index (χ3v) is 3.18. The molecule has 0 bridgehead atoms. The molecule has 1 aliphatic rings. The van der Waals surface area contributed by atoms with Gasteiger partial charge in [0.25, 0.3) is 5.91 Å². The minimum atomic E-state index is -0.420. The molecule has 3 N–H and O–H groups in total. The number of aromatic nitrogens is 2. The van der Waals surface area contributed by atoms with Crippen LogP contribution in [0.2, 0.25) is 0 Å². The van der Waals surface area contributed by atoms with Crippen LogP contribution in [-0.2, 0) is 9.53 Å². The molecule has 2 heterocycles. The van der Waals surface area contributed by atoms with Gasteiger partial charge in [0.15, 0.2) is 0 Å². The number of aromatic amines is 1. The van der Waals surface area contributed by atoms with E-state index >= 15 is 0 Å². The van der Waals surface area contributed by atoms with Crippen molar-refractivity contribution < 1.29 is 9.53 Å². The van der Waals surface area contributed by atoms with E-state index in [9.17, 15) is 4.79 Å². The van der Waals surface area contributed by atoms with Crippen molar-refractivity contribution in [1.82, 2.24) is 15.5 Å². The molecule has 1 saturated heterocycles. The lowest BCUT2D eigenvalue weighted by Gasteiger charge is -2.22. The summed E-state index contributed by atoms with van der Waals surface area (Å²) in [5.74, 6) is -0.119. The Morgan fingerprint density at radius 1 is 1.29 bits per heavy atom. The number of carbonyl (C=O) groups is 1. The Morgan fingerprint density at radius 3 is 2.71 bits per heavy atom. The predicted molar refractivity (Wildman–Crippen MR) is 82.5 cm³/mol. The monoisotopic (exact) mass is 308 g/mol. The summed E-state index contributed by atoms with van der Waals surface area (Å²) in [4.78, 5) is 12.0. The van der Waals surface area contributed by atoms with E-state index in [-0.39, 0.29) is 18.3 Å². The number of carbonyl (C=O) groups excluding carboxylic acids is 1. The Morgan fingerprint density at radius 2 is 2.10 bits per heavy atom. The van der Waals surface area contributed by atoms with Crippen LogP contribution in [0.5, 0.6) is 0 Å². The van der Waals surface area contributed by atoms with Crippen LogP contribution in [0.25, 0.3) is 11.3 Å². The van der Waals surface area contributed by atoms with Crippen LogP contribution in [-0.4, -0.2) is 41.9 Å². The zero-order chi connectivity index (χ0) is 13.8. The van der Waals surface area contributed by atoms with Gasteiger partial charge in [0, 0.05) is 25.0 Å². The van der Waals surface area contributed by atoms with E-state index in [1.54, 1.807) is 6.20 Å². The maximum atomic E-state index is 12.0. The molecule has 1 fully saturated rings. The van der Waals surface area contributed by atoms with Gasteiger partial charge in [-0.3, -0.25) is 9.89 Å². The van der Waals surface area contributed by atoms with E-state index in [0.717, 1.165) is 23.5 Å². The number of hydrogen-bond acceptors (Lipinski definition) is 4. The molecule has 2 aromatic rings. The van der Waals surface area contributed by atoms with Crippen molar-refractivity contribution in [2.75, 3.05) is 25.0 Å². The van der Waals surface area contributed by atoms with Gasteiger partial charge in [-0.05, 0) is 23.8 Å². The molecule has 7 heteroatoms. The number of ether oxygens (including phenoxy) is 1. The third kappa shape index (κ3) is 3.81. The van der Waals surface area contributed by atoms with Crippen molar-refractivity contribution in [3.63, 3.8) is 0 Å². The third-order valence-electron chi connectivity index (χ3n) is 3.18. The van der Waals surface area contributed by atoms with E-state index in [2.05, 4.69) is 20.8 Å². The second-order valence-electron chi connectivity index (χ2n) is 4.60. The fraction of sp³-hybridized carbons (Fsp3) is 0.286. The van der Waals surface area contributed by atoms with Gasteiger partial charge < -0.3 is 15.4 Å². The van der Waals surface area contributed by atoms with E-state index in [0.29, 0.717) is 13.2 Å². The Balaban J connectivity index is 0.00000161. The molecule has 112 valence electrons. The summed E-state index contributed by atoms with van der Waals surface area (Å²) in [7, 11) is 0. The summed E-state index contributed by atoms with van der Waals surface area (Å²) >= 11 is 0. The van der Waals surface area contributed by atoms with Crippen LogP contribution in [0.15, 0.2) is 36.5 Å². The fourth-order valence-electron chi connectivity index (χ4n) is 2.11. The summed E-state index contributed by atoms with van der Waals surface area (Å²) in [6, 6.07) is 9.50. The normalized spacial score (nSPS) is 17.8. The lowest BCUT2D eigenvalue weighted by molar-refractivity contribution is -0.128. The molecule has 0 radical (unpaired) electrons. The van der Waals surface area contributed by atoms with Gasteiger partial charge in [-0.15, -0.1) is 12.4 Å².